The summed E-state index contributed by atoms with van der Waals surface area (Å²) in [5.41, 5.74) is 0.879. The lowest BCUT2D eigenvalue weighted by Crippen LogP contribution is -2.40. The zero-order chi connectivity index (χ0) is 13.6. The smallest absolute Gasteiger partial charge is 0.227 e. The van der Waals surface area contributed by atoms with Gasteiger partial charge in [-0.2, -0.15) is 11.3 Å². The minimum atomic E-state index is -0.177. The Morgan fingerprint density at radius 2 is 2.17 bits per heavy atom. The number of nitrogens with one attached hydrogen (secondary N) is 1. The van der Waals surface area contributed by atoms with Gasteiger partial charge in [-0.25, -0.2) is 0 Å². The van der Waals surface area contributed by atoms with Crippen LogP contribution in [-0.2, 0) is 4.79 Å². The third kappa shape index (κ3) is 3.56. The molecule has 0 aliphatic heterocycles. The molecule has 3 nitrogen and oxygen atoms in total. The van der Waals surface area contributed by atoms with Crippen LogP contribution < -0.4 is 5.32 Å². The van der Waals surface area contributed by atoms with Gasteiger partial charge in [0.05, 0.1) is 12.5 Å². The molecule has 0 aliphatic carbocycles. The first kappa shape index (κ1) is 15.2. The molecule has 18 heavy (non-hydrogen) atoms. The molecule has 0 spiro atoms. The molecule has 0 radical (unpaired) electrons. The lowest BCUT2D eigenvalue weighted by molar-refractivity contribution is -0.122. The van der Waals surface area contributed by atoms with Gasteiger partial charge in [-0.05, 0) is 42.2 Å². The highest BCUT2D eigenvalue weighted by atomic mass is 32.1. The molecular weight excluding hydrogens is 246 g/mol. The summed E-state index contributed by atoms with van der Waals surface area (Å²) in [6.07, 6.45) is 1.74. The quantitative estimate of drug-likeness (QED) is 0.799. The number of rotatable bonds is 7. The summed E-state index contributed by atoms with van der Waals surface area (Å²) in [7, 11) is 0. The maximum absolute atomic E-state index is 12.0. The predicted molar refractivity (Wildman–Crippen MR) is 75.8 cm³/mol. The number of carbonyl (C=O) groups is 1. The first-order valence-corrected chi connectivity index (χ1v) is 7.43. The fourth-order valence-electron chi connectivity index (χ4n) is 1.88. The fourth-order valence-corrected chi connectivity index (χ4v) is 2.63. The van der Waals surface area contributed by atoms with Crippen molar-refractivity contribution < 1.29 is 9.90 Å². The molecule has 1 aromatic heterocycles. The zero-order valence-corrected chi connectivity index (χ0v) is 12.2. The minimum Gasteiger partial charge on any atom is -0.396 e. The Morgan fingerprint density at radius 1 is 1.50 bits per heavy atom. The number of aliphatic hydroxyl groups excluding tert-OH is 1. The number of carbonyl (C=O) groups excluding carboxylic acids is 1. The van der Waals surface area contributed by atoms with Crippen molar-refractivity contribution in [1.82, 2.24) is 5.32 Å². The van der Waals surface area contributed by atoms with Crippen LogP contribution in [0.25, 0.3) is 0 Å². The summed E-state index contributed by atoms with van der Waals surface area (Å²) in [6, 6.07) is 1.98. The molecule has 0 aliphatic rings. The van der Waals surface area contributed by atoms with Gasteiger partial charge >= 0.3 is 0 Å². The zero-order valence-electron chi connectivity index (χ0n) is 11.4. The Bertz CT molecular complexity index is 350. The first-order valence-electron chi connectivity index (χ1n) is 6.49. The molecule has 1 heterocycles. The summed E-state index contributed by atoms with van der Waals surface area (Å²) in [5.74, 6) is -0.0884. The van der Waals surface area contributed by atoms with Gasteiger partial charge < -0.3 is 10.4 Å². The first-order chi connectivity index (χ1) is 8.58. The van der Waals surface area contributed by atoms with Crippen LogP contribution in [0.15, 0.2) is 16.8 Å². The van der Waals surface area contributed by atoms with E-state index in [-0.39, 0.29) is 23.8 Å². The van der Waals surface area contributed by atoms with Gasteiger partial charge in [0, 0.05) is 12.0 Å². The maximum atomic E-state index is 12.0. The van der Waals surface area contributed by atoms with Crippen LogP contribution in [0.5, 0.6) is 0 Å². The second-order valence-electron chi connectivity index (χ2n) is 4.86. The Labute approximate surface area is 113 Å². The monoisotopic (exact) mass is 269 g/mol. The van der Waals surface area contributed by atoms with E-state index >= 15 is 0 Å². The topological polar surface area (TPSA) is 49.3 Å². The lowest BCUT2D eigenvalue weighted by Gasteiger charge is -2.30. The molecule has 1 amide bonds. The van der Waals surface area contributed by atoms with Gasteiger partial charge in [-0.3, -0.25) is 4.79 Å². The van der Waals surface area contributed by atoms with Crippen molar-refractivity contribution in [2.75, 3.05) is 13.2 Å². The van der Waals surface area contributed by atoms with Crippen molar-refractivity contribution in [2.24, 2.45) is 5.41 Å². The Morgan fingerprint density at radius 3 is 2.61 bits per heavy atom. The molecule has 0 saturated carbocycles. The Balaban J connectivity index is 2.55. The summed E-state index contributed by atoms with van der Waals surface area (Å²) in [6.45, 7) is 6.68. The molecule has 0 bridgehead atoms. The molecule has 4 heteroatoms. The molecule has 0 aromatic carbocycles. The van der Waals surface area contributed by atoms with Crippen LogP contribution in [-0.4, -0.2) is 24.2 Å². The third-order valence-electron chi connectivity index (χ3n) is 3.91. The number of hydrogen-bond donors (Lipinski definition) is 2. The summed E-state index contributed by atoms with van der Waals surface area (Å²) < 4.78 is 0. The van der Waals surface area contributed by atoms with Crippen LogP contribution in [0, 0.1) is 5.41 Å². The molecule has 1 atom stereocenters. The van der Waals surface area contributed by atoms with Crippen molar-refractivity contribution in [3.8, 4) is 0 Å². The second kappa shape index (κ2) is 6.90. The molecule has 1 aromatic rings. The van der Waals surface area contributed by atoms with E-state index in [4.69, 9.17) is 0 Å². The number of hydrogen-bond acceptors (Lipinski definition) is 3. The molecular formula is C14H23NO2S. The normalized spacial score (nSPS) is 13.3. The molecule has 102 valence electrons. The van der Waals surface area contributed by atoms with Gasteiger partial charge in [0.15, 0.2) is 0 Å². The van der Waals surface area contributed by atoms with Gasteiger partial charge in [0.1, 0.15) is 0 Å². The van der Waals surface area contributed by atoms with E-state index in [0.717, 1.165) is 18.4 Å². The standard InChI is InChI=1S/C14H23NO2S/c1-4-14(5-2,10-16)9-15-13(17)11(3)12-6-7-18-8-12/h6-8,11,16H,4-5,9-10H2,1-3H3,(H,15,17). The van der Waals surface area contributed by atoms with Crippen LogP contribution >= 0.6 is 11.3 Å². The summed E-state index contributed by atoms with van der Waals surface area (Å²) >= 11 is 1.60. The molecule has 0 fully saturated rings. The molecule has 1 rings (SSSR count). The minimum absolute atomic E-state index is 0.0353. The van der Waals surface area contributed by atoms with Gasteiger partial charge in [-0.1, -0.05) is 13.8 Å². The van der Waals surface area contributed by atoms with Crippen LogP contribution in [0.1, 0.15) is 45.1 Å². The predicted octanol–water partition coefficient (Wildman–Crippen LogP) is 2.77. The van der Waals surface area contributed by atoms with Gasteiger partial charge in [-0.15, -0.1) is 0 Å². The number of amides is 1. The fraction of sp³-hybridized carbons (Fsp3) is 0.643. The average Bonchev–Trinajstić information content (AvgIpc) is 2.93. The van der Waals surface area contributed by atoms with E-state index in [9.17, 15) is 9.90 Å². The van der Waals surface area contributed by atoms with Crippen LogP contribution in [0.3, 0.4) is 0 Å². The van der Waals surface area contributed by atoms with Crippen molar-refractivity contribution >= 4 is 17.2 Å². The largest absolute Gasteiger partial charge is 0.396 e. The highest BCUT2D eigenvalue weighted by molar-refractivity contribution is 7.08. The van der Waals surface area contributed by atoms with E-state index in [2.05, 4.69) is 5.32 Å². The van der Waals surface area contributed by atoms with Crippen molar-refractivity contribution in [3.05, 3.63) is 22.4 Å². The maximum Gasteiger partial charge on any atom is 0.227 e. The third-order valence-corrected chi connectivity index (χ3v) is 4.61. The second-order valence-corrected chi connectivity index (χ2v) is 5.64. The Hall–Kier alpha value is -0.870. The van der Waals surface area contributed by atoms with E-state index < -0.39 is 0 Å². The van der Waals surface area contributed by atoms with Crippen LogP contribution in [0.4, 0.5) is 0 Å². The Kier molecular flexibility index (Phi) is 5.82. The van der Waals surface area contributed by atoms with E-state index in [1.165, 1.54) is 0 Å². The van der Waals surface area contributed by atoms with Gasteiger partial charge in [0.2, 0.25) is 5.91 Å². The highest BCUT2D eigenvalue weighted by Gasteiger charge is 2.27. The van der Waals surface area contributed by atoms with Crippen LogP contribution in [0.2, 0.25) is 0 Å². The number of thiophene rings is 1. The van der Waals surface area contributed by atoms with E-state index in [1.807, 2.05) is 37.6 Å². The molecule has 2 N–H and O–H groups in total. The van der Waals surface area contributed by atoms with Crippen molar-refractivity contribution in [3.63, 3.8) is 0 Å². The number of aliphatic hydroxyl groups is 1. The van der Waals surface area contributed by atoms with E-state index in [0.29, 0.717) is 6.54 Å². The average molecular weight is 269 g/mol. The molecule has 0 saturated heterocycles. The SMILES string of the molecule is CCC(CC)(CO)CNC(=O)C(C)c1ccsc1. The molecule has 1 unspecified atom stereocenters. The lowest BCUT2D eigenvalue weighted by atomic mass is 9.83. The summed E-state index contributed by atoms with van der Waals surface area (Å²) in [4.78, 5) is 12.0. The van der Waals surface area contributed by atoms with Crippen molar-refractivity contribution in [2.45, 2.75) is 39.5 Å². The summed E-state index contributed by atoms with van der Waals surface area (Å²) in [5, 5.41) is 16.4. The highest BCUT2D eigenvalue weighted by Crippen LogP contribution is 2.25. The van der Waals surface area contributed by atoms with Gasteiger partial charge in [0.25, 0.3) is 0 Å². The van der Waals surface area contributed by atoms with E-state index in [1.54, 1.807) is 11.3 Å². The van der Waals surface area contributed by atoms with Crippen molar-refractivity contribution in [1.29, 1.82) is 0 Å².